The van der Waals surface area contributed by atoms with Crippen LogP contribution >= 0.6 is 0 Å². The second-order valence-corrected chi connectivity index (χ2v) is 5.62. The molecule has 0 aliphatic heterocycles. The summed E-state index contributed by atoms with van der Waals surface area (Å²) in [7, 11) is 0. The summed E-state index contributed by atoms with van der Waals surface area (Å²) >= 11 is 0. The van der Waals surface area contributed by atoms with E-state index >= 15 is 0 Å². The Bertz CT molecular complexity index is 856. The van der Waals surface area contributed by atoms with Crippen LogP contribution in [0, 0.1) is 0 Å². The smallest absolute Gasteiger partial charge is 0.0702 e. The van der Waals surface area contributed by atoms with Gasteiger partial charge in [0.05, 0.1) is 5.69 Å². The molecule has 0 atom stereocenters. The minimum atomic E-state index is 1.00. The van der Waals surface area contributed by atoms with E-state index in [0.717, 1.165) is 11.3 Å². The van der Waals surface area contributed by atoms with Crippen molar-refractivity contribution in [1.82, 2.24) is 4.98 Å². The fourth-order valence-electron chi connectivity index (χ4n) is 2.79. The minimum Gasteiger partial charge on any atom is -0.256 e. The van der Waals surface area contributed by atoms with Crippen molar-refractivity contribution in [2.45, 2.75) is 27.7 Å². The highest BCUT2D eigenvalue weighted by molar-refractivity contribution is 5.77. The van der Waals surface area contributed by atoms with Gasteiger partial charge in [0.1, 0.15) is 0 Å². The normalized spacial score (nSPS) is 11.2. The molecule has 0 bridgehead atoms. The van der Waals surface area contributed by atoms with Crippen molar-refractivity contribution in [2.75, 3.05) is 0 Å². The van der Waals surface area contributed by atoms with Crippen LogP contribution in [0.5, 0.6) is 0 Å². The van der Waals surface area contributed by atoms with E-state index in [2.05, 4.69) is 78.7 Å². The van der Waals surface area contributed by atoms with E-state index in [4.69, 9.17) is 0 Å². The molecule has 0 amide bonds. The van der Waals surface area contributed by atoms with Crippen LogP contribution in [-0.2, 0) is 0 Å². The molecule has 0 spiro atoms. The van der Waals surface area contributed by atoms with E-state index in [-0.39, 0.29) is 0 Å². The molecular weight excluding hydrogens is 314 g/mol. The van der Waals surface area contributed by atoms with Crippen LogP contribution in [0.1, 0.15) is 33.3 Å². The predicted molar refractivity (Wildman–Crippen MR) is 115 cm³/mol. The third-order valence-corrected chi connectivity index (χ3v) is 4.03. The van der Waals surface area contributed by atoms with Gasteiger partial charge in [0.25, 0.3) is 0 Å². The minimum absolute atomic E-state index is 1.00. The van der Waals surface area contributed by atoms with E-state index < -0.39 is 0 Å². The Morgan fingerprint density at radius 2 is 1.50 bits per heavy atom. The molecule has 1 nitrogen and oxygen atoms in total. The van der Waals surface area contributed by atoms with Gasteiger partial charge in [-0.1, -0.05) is 80.6 Å². The lowest BCUT2D eigenvalue weighted by Crippen LogP contribution is -1.85. The van der Waals surface area contributed by atoms with Crippen molar-refractivity contribution < 1.29 is 0 Å². The van der Waals surface area contributed by atoms with Crippen molar-refractivity contribution in [3.05, 3.63) is 96.7 Å². The van der Waals surface area contributed by atoms with Gasteiger partial charge in [-0.15, -0.1) is 0 Å². The number of nitrogens with zero attached hydrogens (tertiary/aromatic N) is 1. The highest BCUT2D eigenvalue weighted by Crippen LogP contribution is 2.27. The zero-order chi connectivity index (χ0) is 18.8. The summed E-state index contributed by atoms with van der Waals surface area (Å²) in [5.74, 6) is 0. The fourth-order valence-corrected chi connectivity index (χ4v) is 2.79. The number of hydrogen-bond acceptors (Lipinski definition) is 1. The summed E-state index contributed by atoms with van der Waals surface area (Å²) in [5.41, 5.74) is 7.04. The van der Waals surface area contributed by atoms with Crippen LogP contribution in [-0.4, -0.2) is 4.98 Å². The number of allylic oxidation sites excluding steroid dienone is 4. The number of aromatic nitrogens is 1. The van der Waals surface area contributed by atoms with Crippen LogP contribution in [0.2, 0.25) is 0 Å². The molecular formula is C25H27N. The maximum Gasteiger partial charge on any atom is 0.0702 e. The van der Waals surface area contributed by atoms with E-state index in [9.17, 15) is 0 Å². The molecule has 3 aromatic rings. The Hall–Kier alpha value is -2.93. The molecule has 0 aliphatic carbocycles. The van der Waals surface area contributed by atoms with E-state index in [1.54, 1.807) is 0 Å². The van der Waals surface area contributed by atoms with Gasteiger partial charge in [0, 0.05) is 11.8 Å². The largest absolute Gasteiger partial charge is 0.256 e. The Balaban J connectivity index is 0.00000117. The highest BCUT2D eigenvalue weighted by atomic mass is 14.7. The summed E-state index contributed by atoms with van der Waals surface area (Å²) in [4.78, 5) is 4.44. The van der Waals surface area contributed by atoms with Gasteiger partial charge in [0.15, 0.2) is 0 Å². The maximum atomic E-state index is 4.44. The molecule has 0 fully saturated rings. The SMILES string of the molecule is C/C=C\C(=C/C)c1ccc(-c2cccc(-c3ccccn3)c2)cc1.CC. The average Bonchev–Trinajstić information content (AvgIpc) is 2.74. The lowest BCUT2D eigenvalue weighted by Gasteiger charge is -2.07. The van der Waals surface area contributed by atoms with Gasteiger partial charge in [-0.25, -0.2) is 0 Å². The zero-order valence-corrected chi connectivity index (χ0v) is 16.1. The molecule has 132 valence electrons. The summed E-state index contributed by atoms with van der Waals surface area (Å²) in [6, 6.07) is 23.2. The maximum absolute atomic E-state index is 4.44. The first-order valence-corrected chi connectivity index (χ1v) is 9.23. The van der Waals surface area contributed by atoms with Gasteiger partial charge in [-0.3, -0.25) is 4.98 Å². The van der Waals surface area contributed by atoms with Crippen molar-refractivity contribution >= 4 is 5.57 Å². The van der Waals surface area contributed by atoms with Crippen LogP contribution in [0.4, 0.5) is 0 Å². The van der Waals surface area contributed by atoms with Crippen LogP contribution in [0.25, 0.3) is 28.0 Å². The lowest BCUT2D eigenvalue weighted by atomic mass is 9.98. The van der Waals surface area contributed by atoms with Crippen molar-refractivity contribution in [3.63, 3.8) is 0 Å². The molecule has 1 aromatic heterocycles. The van der Waals surface area contributed by atoms with Crippen molar-refractivity contribution in [3.8, 4) is 22.4 Å². The first-order chi connectivity index (χ1) is 12.8. The predicted octanol–water partition coefficient (Wildman–Crippen LogP) is 7.42. The standard InChI is InChI=1S/C23H21N.C2H6/c1-3-8-18(4-2)19-12-14-20(15-13-19)21-9-7-10-22(17-21)23-11-5-6-16-24-23;1-2/h3-17H,1-2H3;1-2H3/b8-3-,18-4+;. The monoisotopic (exact) mass is 341 g/mol. The summed E-state index contributed by atoms with van der Waals surface area (Å²) < 4.78 is 0. The summed E-state index contributed by atoms with van der Waals surface area (Å²) in [6.45, 7) is 8.11. The van der Waals surface area contributed by atoms with E-state index in [1.807, 2.05) is 45.2 Å². The number of hydrogen-bond donors (Lipinski definition) is 0. The van der Waals surface area contributed by atoms with Gasteiger partial charge >= 0.3 is 0 Å². The fraction of sp³-hybridized carbons (Fsp3) is 0.160. The third-order valence-electron chi connectivity index (χ3n) is 4.03. The van der Waals surface area contributed by atoms with E-state index in [1.165, 1.54) is 22.3 Å². The summed E-state index contributed by atoms with van der Waals surface area (Å²) in [6.07, 6.45) is 8.17. The van der Waals surface area contributed by atoms with Crippen molar-refractivity contribution in [1.29, 1.82) is 0 Å². The molecule has 26 heavy (non-hydrogen) atoms. The first kappa shape index (κ1) is 19.4. The molecule has 3 rings (SSSR count). The number of benzene rings is 2. The van der Waals surface area contributed by atoms with Crippen LogP contribution in [0.3, 0.4) is 0 Å². The van der Waals surface area contributed by atoms with Gasteiger partial charge < -0.3 is 0 Å². The Morgan fingerprint density at radius 1 is 0.769 bits per heavy atom. The molecule has 1 heterocycles. The average molecular weight is 341 g/mol. The third kappa shape index (κ3) is 4.80. The topological polar surface area (TPSA) is 12.9 Å². The quantitative estimate of drug-likeness (QED) is 0.450. The van der Waals surface area contributed by atoms with Crippen LogP contribution < -0.4 is 0 Å². The molecule has 0 saturated carbocycles. The first-order valence-electron chi connectivity index (χ1n) is 9.23. The van der Waals surface area contributed by atoms with Gasteiger partial charge in [0.2, 0.25) is 0 Å². The second kappa shape index (κ2) is 10.1. The summed E-state index contributed by atoms with van der Waals surface area (Å²) in [5, 5.41) is 0. The molecule has 2 aromatic carbocycles. The van der Waals surface area contributed by atoms with Gasteiger partial charge in [-0.05, 0) is 54.3 Å². The molecule has 1 heteroatoms. The molecule has 0 N–H and O–H groups in total. The number of rotatable bonds is 4. The Labute approximate surface area is 157 Å². The Morgan fingerprint density at radius 3 is 2.12 bits per heavy atom. The molecule has 0 radical (unpaired) electrons. The molecule has 0 saturated heterocycles. The molecule has 0 aliphatic rings. The highest BCUT2D eigenvalue weighted by Gasteiger charge is 2.03. The number of pyridine rings is 1. The van der Waals surface area contributed by atoms with Crippen LogP contribution in [0.15, 0.2) is 91.2 Å². The van der Waals surface area contributed by atoms with Gasteiger partial charge in [-0.2, -0.15) is 0 Å². The Kier molecular flexibility index (Phi) is 7.57. The molecule has 0 unspecified atom stereocenters. The van der Waals surface area contributed by atoms with E-state index in [0.29, 0.717) is 0 Å². The zero-order valence-electron chi connectivity index (χ0n) is 16.1. The lowest BCUT2D eigenvalue weighted by molar-refractivity contribution is 1.33. The van der Waals surface area contributed by atoms with Crippen molar-refractivity contribution in [2.24, 2.45) is 0 Å². The second-order valence-electron chi connectivity index (χ2n) is 5.62.